The molecule has 1 aromatic heterocycles. The number of nitro groups is 1. The monoisotopic (exact) mass is 393 g/mol. The van der Waals surface area contributed by atoms with Gasteiger partial charge in [0.05, 0.1) is 16.7 Å². The summed E-state index contributed by atoms with van der Waals surface area (Å²) in [5.74, 6) is -0.867. The Morgan fingerprint density at radius 1 is 1.21 bits per heavy atom. The first-order valence-electron chi connectivity index (χ1n) is 8.34. The quantitative estimate of drug-likeness (QED) is 0.217. The van der Waals surface area contributed by atoms with Crippen LogP contribution in [0.1, 0.15) is 32.1 Å². The predicted octanol–water partition coefficient (Wildman–Crippen LogP) is 2.61. The second-order valence-corrected chi connectivity index (χ2v) is 5.90. The molecule has 10 nitrogen and oxygen atoms in total. The molecule has 0 fully saturated rings. The van der Waals surface area contributed by atoms with Gasteiger partial charge in [-0.1, -0.05) is 12.1 Å². The fourth-order valence-corrected chi connectivity index (χ4v) is 2.30. The van der Waals surface area contributed by atoms with E-state index >= 15 is 0 Å². The number of aromatic amines is 1. The van der Waals surface area contributed by atoms with Crippen molar-refractivity contribution in [2.24, 2.45) is 5.10 Å². The molecule has 0 radical (unpaired) electrons. The zero-order chi connectivity index (χ0) is 20.8. The van der Waals surface area contributed by atoms with Crippen LogP contribution < -0.4 is 10.2 Å². The number of aryl methyl sites for hydroxylation is 1. The summed E-state index contributed by atoms with van der Waals surface area (Å²) in [5.41, 5.74) is 3.95. The third-order valence-corrected chi connectivity index (χ3v) is 3.70. The lowest BCUT2D eigenvalue weighted by molar-refractivity contribution is -0.384. The Labute approximate surface area is 164 Å². The summed E-state index contributed by atoms with van der Waals surface area (Å²) < 4.78 is 5.27. The first kappa shape index (κ1) is 19.4. The van der Waals surface area contributed by atoms with E-state index in [1.54, 1.807) is 37.3 Å². The van der Waals surface area contributed by atoms with Crippen LogP contribution in [0.3, 0.4) is 0 Å². The van der Waals surface area contributed by atoms with Gasteiger partial charge >= 0.3 is 5.97 Å². The lowest BCUT2D eigenvalue weighted by Crippen LogP contribution is -2.18. The van der Waals surface area contributed by atoms with Crippen LogP contribution in [0.4, 0.5) is 5.69 Å². The van der Waals surface area contributed by atoms with E-state index in [9.17, 15) is 19.7 Å². The van der Waals surface area contributed by atoms with E-state index in [2.05, 4.69) is 20.7 Å². The van der Waals surface area contributed by atoms with Gasteiger partial charge in [-0.3, -0.25) is 20.0 Å². The Morgan fingerprint density at radius 3 is 2.62 bits per heavy atom. The van der Waals surface area contributed by atoms with E-state index < -0.39 is 16.8 Å². The van der Waals surface area contributed by atoms with Gasteiger partial charge in [0, 0.05) is 17.8 Å². The zero-order valence-corrected chi connectivity index (χ0v) is 15.2. The predicted molar refractivity (Wildman–Crippen MR) is 103 cm³/mol. The van der Waals surface area contributed by atoms with Crippen molar-refractivity contribution in [2.75, 3.05) is 0 Å². The molecule has 1 amide bonds. The molecule has 0 spiro atoms. The molecule has 0 bridgehead atoms. The maximum atomic E-state index is 12.2. The molecule has 146 valence electrons. The second-order valence-electron chi connectivity index (χ2n) is 5.90. The molecule has 10 heteroatoms. The van der Waals surface area contributed by atoms with Gasteiger partial charge in [-0.2, -0.15) is 10.2 Å². The minimum Gasteiger partial charge on any atom is -0.423 e. The summed E-state index contributed by atoms with van der Waals surface area (Å²) in [7, 11) is 0. The highest BCUT2D eigenvalue weighted by molar-refractivity contribution is 5.93. The van der Waals surface area contributed by atoms with Crippen LogP contribution in [0.5, 0.6) is 5.75 Å². The third-order valence-electron chi connectivity index (χ3n) is 3.70. The molecule has 0 aliphatic heterocycles. The van der Waals surface area contributed by atoms with Crippen LogP contribution in [0.15, 0.2) is 59.7 Å². The highest BCUT2D eigenvalue weighted by Crippen LogP contribution is 2.16. The van der Waals surface area contributed by atoms with Crippen LogP contribution in [-0.2, 0) is 0 Å². The summed E-state index contributed by atoms with van der Waals surface area (Å²) >= 11 is 0. The first-order valence-corrected chi connectivity index (χ1v) is 8.34. The topological polar surface area (TPSA) is 140 Å². The Kier molecular flexibility index (Phi) is 5.74. The van der Waals surface area contributed by atoms with E-state index in [4.69, 9.17) is 4.74 Å². The van der Waals surface area contributed by atoms with Crippen molar-refractivity contribution in [3.8, 4) is 5.75 Å². The SMILES string of the molecule is Cc1cc(C(=O)NN=Cc2cccc(OC(=O)c3ccc([N+](=O)[O-])cc3)c2)n[nH]1. The molecule has 0 unspecified atom stereocenters. The van der Waals surface area contributed by atoms with Crippen molar-refractivity contribution in [3.63, 3.8) is 0 Å². The normalized spacial score (nSPS) is 10.7. The van der Waals surface area contributed by atoms with Crippen LogP contribution in [0.2, 0.25) is 0 Å². The number of nitrogens with one attached hydrogen (secondary N) is 2. The van der Waals surface area contributed by atoms with Crippen molar-refractivity contribution in [2.45, 2.75) is 6.92 Å². The number of benzene rings is 2. The van der Waals surface area contributed by atoms with Gasteiger partial charge < -0.3 is 4.74 Å². The fraction of sp³-hybridized carbons (Fsp3) is 0.0526. The molecule has 29 heavy (non-hydrogen) atoms. The Hall–Kier alpha value is -4.34. The maximum Gasteiger partial charge on any atom is 0.343 e. The van der Waals surface area contributed by atoms with E-state index in [0.717, 1.165) is 5.69 Å². The number of rotatable bonds is 6. The molecular weight excluding hydrogens is 378 g/mol. The number of carbonyl (C=O) groups excluding carboxylic acids is 2. The minimum absolute atomic E-state index is 0.119. The molecule has 0 atom stereocenters. The highest BCUT2D eigenvalue weighted by Gasteiger charge is 2.12. The molecule has 0 aliphatic carbocycles. The fourth-order valence-electron chi connectivity index (χ4n) is 2.30. The summed E-state index contributed by atoms with van der Waals surface area (Å²) in [6.45, 7) is 1.77. The number of amides is 1. The van der Waals surface area contributed by atoms with Crippen LogP contribution >= 0.6 is 0 Å². The van der Waals surface area contributed by atoms with Crippen molar-refractivity contribution in [3.05, 3.63) is 87.2 Å². The van der Waals surface area contributed by atoms with Gasteiger partial charge in [-0.15, -0.1) is 0 Å². The van der Waals surface area contributed by atoms with E-state index in [1.807, 2.05) is 0 Å². The molecule has 0 aliphatic rings. The average molecular weight is 393 g/mol. The lowest BCUT2D eigenvalue weighted by atomic mass is 10.2. The standard InChI is InChI=1S/C19H15N5O5/c1-12-9-17(22-21-12)18(25)23-20-11-13-3-2-4-16(10-13)29-19(26)14-5-7-15(8-6-14)24(27)28/h2-11H,1H3,(H,21,22)(H,23,25). The van der Waals surface area contributed by atoms with Crippen LogP contribution in [-0.4, -0.2) is 33.2 Å². The maximum absolute atomic E-state index is 12.2. The van der Waals surface area contributed by atoms with Gasteiger partial charge in [0.2, 0.25) is 0 Å². The number of hydrogen-bond donors (Lipinski definition) is 2. The number of ether oxygens (including phenoxy) is 1. The minimum atomic E-state index is -0.656. The molecule has 0 saturated carbocycles. The number of nitro benzene ring substituents is 1. The smallest absolute Gasteiger partial charge is 0.343 e. The Morgan fingerprint density at radius 2 is 1.97 bits per heavy atom. The number of H-pyrrole nitrogens is 1. The molecule has 0 saturated heterocycles. The second kappa shape index (κ2) is 8.57. The molecule has 3 rings (SSSR count). The van der Waals surface area contributed by atoms with Gasteiger partial charge in [0.1, 0.15) is 5.75 Å². The zero-order valence-electron chi connectivity index (χ0n) is 15.2. The van der Waals surface area contributed by atoms with E-state index in [0.29, 0.717) is 5.56 Å². The number of esters is 1. The van der Waals surface area contributed by atoms with Crippen LogP contribution in [0, 0.1) is 17.0 Å². The Bertz CT molecular complexity index is 1090. The number of nitrogens with zero attached hydrogens (tertiary/aromatic N) is 3. The number of aromatic nitrogens is 2. The summed E-state index contributed by atoms with van der Waals surface area (Å²) in [4.78, 5) is 34.2. The van der Waals surface area contributed by atoms with Gasteiger partial charge in [0.15, 0.2) is 5.69 Å². The number of non-ortho nitro benzene ring substituents is 1. The van der Waals surface area contributed by atoms with Crippen molar-refractivity contribution in [1.82, 2.24) is 15.6 Å². The number of hydrazone groups is 1. The summed E-state index contributed by atoms with van der Waals surface area (Å²) in [5, 5.41) is 21.0. The van der Waals surface area contributed by atoms with E-state index in [-0.39, 0.29) is 22.7 Å². The molecule has 1 heterocycles. The van der Waals surface area contributed by atoms with Crippen LogP contribution in [0.25, 0.3) is 0 Å². The van der Waals surface area contributed by atoms with Gasteiger partial charge in [-0.25, -0.2) is 10.2 Å². The number of hydrogen-bond acceptors (Lipinski definition) is 7. The first-order chi connectivity index (χ1) is 13.9. The number of carbonyl (C=O) groups is 2. The summed E-state index contributed by atoms with van der Waals surface area (Å²) in [6.07, 6.45) is 1.39. The van der Waals surface area contributed by atoms with Gasteiger partial charge in [0.25, 0.3) is 11.6 Å². The average Bonchev–Trinajstić information content (AvgIpc) is 3.15. The van der Waals surface area contributed by atoms with Gasteiger partial charge in [-0.05, 0) is 42.8 Å². The van der Waals surface area contributed by atoms with Crippen molar-refractivity contribution in [1.29, 1.82) is 0 Å². The van der Waals surface area contributed by atoms with Crippen molar-refractivity contribution >= 4 is 23.8 Å². The molecule has 2 aromatic carbocycles. The van der Waals surface area contributed by atoms with E-state index in [1.165, 1.54) is 30.5 Å². The molecular formula is C19H15N5O5. The molecule has 3 aromatic rings. The molecule has 2 N–H and O–H groups in total. The Balaban J connectivity index is 1.62. The largest absolute Gasteiger partial charge is 0.423 e. The third kappa shape index (κ3) is 5.10. The van der Waals surface area contributed by atoms with Crippen molar-refractivity contribution < 1.29 is 19.2 Å². The highest BCUT2D eigenvalue weighted by atomic mass is 16.6. The summed E-state index contributed by atoms with van der Waals surface area (Å²) in [6, 6.07) is 13.2. The lowest BCUT2D eigenvalue weighted by Gasteiger charge is -2.05.